The number of hydrogen-bond donors (Lipinski definition) is 0. The molecule has 1 amide bonds. The van der Waals surface area contributed by atoms with Crippen LogP contribution in [0.3, 0.4) is 0 Å². The van der Waals surface area contributed by atoms with Crippen molar-refractivity contribution < 1.29 is 18.5 Å². The van der Waals surface area contributed by atoms with Crippen LogP contribution < -0.4 is 4.74 Å². The van der Waals surface area contributed by atoms with Crippen LogP contribution in [0.2, 0.25) is 0 Å². The van der Waals surface area contributed by atoms with Crippen molar-refractivity contribution in [3.05, 3.63) is 54.6 Å². The summed E-state index contributed by atoms with van der Waals surface area (Å²) in [5.74, 6) is 2.18. The van der Waals surface area contributed by atoms with Gasteiger partial charge in [-0.1, -0.05) is 23.4 Å². The van der Waals surface area contributed by atoms with Crippen LogP contribution >= 0.6 is 0 Å². The first-order valence-corrected chi connectivity index (χ1v) is 8.08. The summed E-state index contributed by atoms with van der Waals surface area (Å²) in [6.45, 7) is 2.84. The van der Waals surface area contributed by atoms with Gasteiger partial charge < -0.3 is 18.6 Å². The Balaban J connectivity index is 1.33. The van der Waals surface area contributed by atoms with Crippen molar-refractivity contribution in [3.63, 3.8) is 0 Å². The third-order valence-corrected chi connectivity index (χ3v) is 4.13. The Labute approximate surface area is 144 Å². The van der Waals surface area contributed by atoms with Crippen molar-refractivity contribution in [1.29, 1.82) is 0 Å². The molecule has 4 rings (SSSR count). The van der Waals surface area contributed by atoms with Crippen molar-refractivity contribution in [2.45, 2.75) is 18.9 Å². The van der Waals surface area contributed by atoms with Gasteiger partial charge in [0, 0.05) is 13.1 Å². The molecule has 1 aromatic carbocycles. The third kappa shape index (κ3) is 3.13. The largest absolute Gasteiger partial charge is 0.481 e. The van der Waals surface area contributed by atoms with Gasteiger partial charge >= 0.3 is 0 Å². The third-order valence-electron chi connectivity index (χ3n) is 4.13. The van der Waals surface area contributed by atoms with E-state index in [1.165, 1.54) is 0 Å². The van der Waals surface area contributed by atoms with Gasteiger partial charge in [0.15, 0.2) is 11.9 Å². The summed E-state index contributed by atoms with van der Waals surface area (Å²) >= 11 is 0. The summed E-state index contributed by atoms with van der Waals surface area (Å²) < 4.78 is 16.2. The molecule has 1 aliphatic heterocycles. The highest BCUT2D eigenvalue weighted by molar-refractivity contribution is 5.81. The lowest BCUT2D eigenvalue weighted by atomic mass is 9.99. The number of nitrogens with zero attached hydrogens (tertiary/aromatic N) is 3. The zero-order valence-electron chi connectivity index (χ0n) is 13.7. The summed E-state index contributed by atoms with van der Waals surface area (Å²) in [6, 6.07) is 12.9. The highest BCUT2D eigenvalue weighted by atomic mass is 16.5. The predicted octanol–water partition coefficient (Wildman–Crippen LogP) is 2.72. The van der Waals surface area contributed by atoms with Crippen LogP contribution in [0.1, 0.15) is 18.7 Å². The first-order valence-electron chi connectivity index (χ1n) is 8.08. The molecule has 7 nitrogen and oxygen atoms in total. The number of amides is 1. The van der Waals surface area contributed by atoms with E-state index in [1.807, 2.05) is 30.3 Å². The number of furan rings is 1. The molecule has 2 aromatic heterocycles. The van der Waals surface area contributed by atoms with E-state index in [0.717, 1.165) is 0 Å². The fraction of sp³-hybridized carbons (Fsp3) is 0.278. The molecule has 1 saturated heterocycles. The Morgan fingerprint density at radius 2 is 2.04 bits per heavy atom. The van der Waals surface area contributed by atoms with E-state index in [4.69, 9.17) is 13.7 Å². The molecule has 1 atom stereocenters. The highest BCUT2D eigenvalue weighted by Crippen LogP contribution is 2.28. The number of aromatic nitrogens is 2. The first-order chi connectivity index (χ1) is 12.2. The smallest absolute Gasteiger partial charge is 0.263 e. The second kappa shape index (κ2) is 6.43. The zero-order valence-corrected chi connectivity index (χ0v) is 13.7. The van der Waals surface area contributed by atoms with E-state index in [-0.39, 0.29) is 11.8 Å². The van der Waals surface area contributed by atoms with Gasteiger partial charge in [-0.05, 0) is 31.2 Å². The van der Waals surface area contributed by atoms with Crippen LogP contribution in [0.5, 0.6) is 5.75 Å². The predicted molar refractivity (Wildman–Crippen MR) is 87.9 cm³/mol. The van der Waals surface area contributed by atoms with E-state index in [9.17, 15) is 4.79 Å². The minimum atomic E-state index is -0.537. The van der Waals surface area contributed by atoms with E-state index >= 15 is 0 Å². The number of para-hydroxylation sites is 1. The van der Waals surface area contributed by atoms with Crippen molar-refractivity contribution in [2.75, 3.05) is 13.1 Å². The van der Waals surface area contributed by atoms with E-state index < -0.39 is 6.10 Å². The number of ether oxygens (including phenoxy) is 1. The van der Waals surface area contributed by atoms with E-state index in [2.05, 4.69) is 10.1 Å². The number of carbonyl (C=O) groups is 1. The molecule has 7 heteroatoms. The van der Waals surface area contributed by atoms with Crippen LogP contribution in [0, 0.1) is 0 Å². The maximum atomic E-state index is 12.4. The van der Waals surface area contributed by atoms with Crippen LogP contribution in [0.4, 0.5) is 0 Å². The maximum Gasteiger partial charge on any atom is 0.263 e. The minimum Gasteiger partial charge on any atom is -0.481 e. The molecule has 3 aromatic rings. The Morgan fingerprint density at radius 1 is 1.24 bits per heavy atom. The number of hydrogen-bond acceptors (Lipinski definition) is 6. The van der Waals surface area contributed by atoms with Crippen molar-refractivity contribution in [2.24, 2.45) is 0 Å². The Kier molecular flexibility index (Phi) is 3.97. The topological polar surface area (TPSA) is 81.6 Å². The van der Waals surface area contributed by atoms with Crippen LogP contribution in [0.15, 0.2) is 57.7 Å². The molecule has 0 radical (unpaired) electrons. The Hall–Kier alpha value is -3.09. The lowest BCUT2D eigenvalue weighted by molar-refractivity contribution is -0.142. The summed E-state index contributed by atoms with van der Waals surface area (Å²) in [4.78, 5) is 18.5. The van der Waals surface area contributed by atoms with Crippen molar-refractivity contribution >= 4 is 5.91 Å². The average Bonchev–Trinajstić information content (AvgIpc) is 3.25. The Morgan fingerprint density at radius 3 is 2.76 bits per heavy atom. The summed E-state index contributed by atoms with van der Waals surface area (Å²) in [7, 11) is 0. The van der Waals surface area contributed by atoms with Gasteiger partial charge in [-0.3, -0.25) is 4.79 Å². The minimum absolute atomic E-state index is 0.0455. The van der Waals surface area contributed by atoms with Gasteiger partial charge in [-0.2, -0.15) is 4.98 Å². The summed E-state index contributed by atoms with van der Waals surface area (Å²) in [5, 5.41) is 3.91. The molecule has 3 heterocycles. The van der Waals surface area contributed by atoms with E-state index in [0.29, 0.717) is 36.3 Å². The Bertz CT molecular complexity index is 838. The molecule has 0 saturated carbocycles. The molecule has 0 aliphatic carbocycles. The van der Waals surface area contributed by atoms with Gasteiger partial charge in [0.05, 0.1) is 12.2 Å². The van der Waals surface area contributed by atoms with Crippen molar-refractivity contribution in [3.8, 4) is 17.3 Å². The second-order valence-corrected chi connectivity index (χ2v) is 5.95. The number of rotatable bonds is 5. The molecule has 0 spiro atoms. The molecule has 25 heavy (non-hydrogen) atoms. The molecule has 1 aliphatic rings. The molecular weight excluding hydrogens is 322 g/mol. The summed E-state index contributed by atoms with van der Waals surface area (Å²) in [6.07, 6.45) is 1.02. The van der Waals surface area contributed by atoms with Crippen molar-refractivity contribution in [1.82, 2.24) is 15.0 Å². The van der Waals surface area contributed by atoms with E-state index in [1.54, 1.807) is 30.2 Å². The second-order valence-electron chi connectivity index (χ2n) is 5.95. The van der Waals surface area contributed by atoms with Gasteiger partial charge in [-0.25, -0.2) is 0 Å². The van der Waals surface area contributed by atoms with Crippen LogP contribution in [-0.4, -0.2) is 40.1 Å². The lowest BCUT2D eigenvalue weighted by Gasteiger charge is -2.38. The first kappa shape index (κ1) is 15.4. The molecule has 1 fully saturated rings. The molecule has 128 valence electrons. The number of likely N-dealkylation sites (tertiary alicyclic amines) is 1. The maximum absolute atomic E-state index is 12.4. The lowest BCUT2D eigenvalue weighted by Crippen LogP contribution is -2.52. The summed E-state index contributed by atoms with van der Waals surface area (Å²) in [5.41, 5.74) is 0. The molecule has 0 bridgehead atoms. The molecule has 1 unspecified atom stereocenters. The quantitative estimate of drug-likeness (QED) is 0.711. The van der Waals surface area contributed by atoms with Gasteiger partial charge in [0.2, 0.25) is 11.7 Å². The zero-order chi connectivity index (χ0) is 17.2. The van der Waals surface area contributed by atoms with Gasteiger partial charge in [0.1, 0.15) is 5.75 Å². The fourth-order valence-electron chi connectivity index (χ4n) is 2.73. The monoisotopic (exact) mass is 339 g/mol. The molecule has 0 N–H and O–H groups in total. The van der Waals surface area contributed by atoms with Crippen LogP contribution in [-0.2, 0) is 4.79 Å². The number of benzene rings is 1. The molecular formula is C18H17N3O4. The number of carbonyl (C=O) groups excluding carboxylic acids is 1. The van der Waals surface area contributed by atoms with Gasteiger partial charge in [-0.15, -0.1) is 0 Å². The standard InChI is InChI=1S/C18H17N3O4/c1-12(24-14-6-3-2-4-7-14)18(22)21-10-13(11-21)17-19-16(20-25-17)15-8-5-9-23-15/h2-9,12-13H,10-11H2,1H3. The van der Waals surface area contributed by atoms with Crippen LogP contribution in [0.25, 0.3) is 11.6 Å². The fourth-order valence-corrected chi connectivity index (χ4v) is 2.73. The normalized spacial score (nSPS) is 15.6. The average molecular weight is 339 g/mol. The highest BCUT2D eigenvalue weighted by Gasteiger charge is 2.38. The SMILES string of the molecule is CC(Oc1ccccc1)C(=O)N1CC(c2nc(-c3ccco3)no2)C1. The van der Waals surface area contributed by atoms with Gasteiger partial charge in [0.25, 0.3) is 5.91 Å².